The zero-order valence-electron chi connectivity index (χ0n) is 14.6. The van der Waals surface area contributed by atoms with E-state index in [-0.39, 0.29) is 24.2 Å². The summed E-state index contributed by atoms with van der Waals surface area (Å²) in [5.41, 5.74) is -1.99. The van der Waals surface area contributed by atoms with Gasteiger partial charge in [0.15, 0.2) is 5.69 Å². The third kappa shape index (κ3) is 2.99. The lowest BCUT2D eigenvalue weighted by Gasteiger charge is -2.23. The molecule has 0 bridgehead atoms. The van der Waals surface area contributed by atoms with Gasteiger partial charge in [0.2, 0.25) is 0 Å². The van der Waals surface area contributed by atoms with Gasteiger partial charge in [-0.3, -0.25) is 0 Å². The lowest BCUT2D eigenvalue weighted by atomic mass is 10.00. The minimum absolute atomic E-state index is 0.0556. The molecule has 1 atom stereocenters. The summed E-state index contributed by atoms with van der Waals surface area (Å²) in [7, 11) is 0. The topological polar surface area (TPSA) is 97.3 Å². The highest BCUT2D eigenvalue weighted by atomic mass is 19.4. The number of nitrogens with zero attached hydrogens (tertiary/aromatic N) is 8. The van der Waals surface area contributed by atoms with E-state index in [0.29, 0.717) is 18.7 Å². The van der Waals surface area contributed by atoms with Gasteiger partial charge in [0, 0.05) is 25.1 Å². The maximum Gasteiger partial charge on any atom is 0.433 e. The van der Waals surface area contributed by atoms with E-state index in [9.17, 15) is 18.3 Å². The van der Waals surface area contributed by atoms with Crippen molar-refractivity contribution in [2.75, 3.05) is 18.0 Å². The highest BCUT2D eigenvalue weighted by Gasteiger charge is 2.42. The summed E-state index contributed by atoms with van der Waals surface area (Å²) >= 11 is 0. The fourth-order valence-corrected chi connectivity index (χ4v) is 3.11. The van der Waals surface area contributed by atoms with Crippen LogP contribution in [0, 0.1) is 0 Å². The smallest absolute Gasteiger partial charge is 0.381 e. The van der Waals surface area contributed by atoms with Gasteiger partial charge in [-0.1, -0.05) is 5.21 Å². The summed E-state index contributed by atoms with van der Waals surface area (Å²) in [4.78, 5) is 8.89. The molecule has 1 aliphatic heterocycles. The van der Waals surface area contributed by atoms with Crippen molar-refractivity contribution >= 4 is 11.6 Å². The third-order valence-electron chi connectivity index (χ3n) is 4.61. The van der Waals surface area contributed by atoms with Crippen LogP contribution in [0.15, 0.2) is 18.6 Å². The molecule has 1 N–H and O–H groups in total. The summed E-state index contributed by atoms with van der Waals surface area (Å²) in [5, 5.41) is 23.0. The number of hydrogen-bond donors (Lipinski definition) is 1. The molecule has 0 spiro atoms. The first kappa shape index (κ1) is 17.6. The van der Waals surface area contributed by atoms with Crippen LogP contribution in [0.3, 0.4) is 0 Å². The number of rotatable bonds is 3. The van der Waals surface area contributed by atoms with E-state index in [2.05, 4.69) is 25.4 Å². The van der Waals surface area contributed by atoms with Gasteiger partial charge < -0.3 is 10.0 Å². The molecule has 12 heteroatoms. The van der Waals surface area contributed by atoms with Crippen molar-refractivity contribution in [3.63, 3.8) is 0 Å². The Bertz CT molecular complexity index is 981. The molecule has 144 valence electrons. The minimum Gasteiger partial charge on any atom is -0.381 e. The Morgan fingerprint density at radius 2 is 2.07 bits per heavy atom. The van der Waals surface area contributed by atoms with Crippen molar-refractivity contribution in [2.45, 2.75) is 38.1 Å². The Labute approximate surface area is 151 Å². The number of halogens is 3. The van der Waals surface area contributed by atoms with Crippen LogP contribution in [-0.2, 0) is 11.8 Å². The van der Waals surface area contributed by atoms with E-state index in [0.717, 1.165) is 12.4 Å². The Hall–Kier alpha value is -2.76. The molecule has 0 aliphatic carbocycles. The van der Waals surface area contributed by atoms with Crippen molar-refractivity contribution in [3.8, 4) is 0 Å². The molecule has 3 aromatic heterocycles. The van der Waals surface area contributed by atoms with Gasteiger partial charge in [-0.15, -0.1) is 5.10 Å². The Balaban J connectivity index is 1.70. The zero-order chi connectivity index (χ0) is 19.4. The average Bonchev–Trinajstić information content (AvgIpc) is 3.32. The quantitative estimate of drug-likeness (QED) is 0.732. The van der Waals surface area contributed by atoms with Crippen molar-refractivity contribution < 1.29 is 18.3 Å². The molecular formula is C15H17F3N8O. The average molecular weight is 382 g/mol. The number of hydrogen-bond acceptors (Lipinski definition) is 7. The van der Waals surface area contributed by atoms with Crippen LogP contribution in [0.2, 0.25) is 0 Å². The number of anilines is 1. The first-order chi connectivity index (χ1) is 12.7. The molecule has 4 rings (SSSR count). The van der Waals surface area contributed by atoms with Crippen LogP contribution in [-0.4, -0.2) is 52.8 Å². The van der Waals surface area contributed by atoms with Crippen molar-refractivity contribution in [3.05, 3.63) is 30.0 Å². The second-order valence-corrected chi connectivity index (χ2v) is 6.85. The van der Waals surface area contributed by atoms with Crippen molar-refractivity contribution in [2.24, 2.45) is 0 Å². The van der Waals surface area contributed by atoms with E-state index < -0.39 is 17.5 Å². The predicted octanol–water partition coefficient (Wildman–Crippen LogP) is 1.41. The van der Waals surface area contributed by atoms with Gasteiger partial charge in [-0.2, -0.15) is 27.8 Å². The molecule has 9 nitrogen and oxygen atoms in total. The molecule has 1 aliphatic rings. The lowest BCUT2D eigenvalue weighted by molar-refractivity contribution is -0.141. The predicted molar refractivity (Wildman–Crippen MR) is 86.9 cm³/mol. The van der Waals surface area contributed by atoms with Gasteiger partial charge in [0.1, 0.15) is 23.4 Å². The van der Waals surface area contributed by atoms with Gasteiger partial charge in [-0.25, -0.2) is 9.67 Å². The summed E-state index contributed by atoms with van der Waals surface area (Å²) < 4.78 is 42.4. The highest BCUT2D eigenvalue weighted by molar-refractivity contribution is 5.49. The number of alkyl halides is 3. The van der Waals surface area contributed by atoms with E-state index in [1.165, 1.54) is 4.52 Å². The first-order valence-electron chi connectivity index (χ1n) is 8.35. The normalized spacial score (nSPS) is 20.9. The van der Waals surface area contributed by atoms with E-state index >= 15 is 0 Å². The standard InChI is InChI=1S/C15H17F3N8O/c1-9(2)25-6-11(22-23-25)14(27)3-4-24(7-14)12-5-10(15(16,17)18)21-13-19-8-20-26(12)13/h5-6,8-9,27H,3-4,7H2,1-2H3. The Morgan fingerprint density at radius 1 is 1.30 bits per heavy atom. The van der Waals surface area contributed by atoms with Gasteiger partial charge in [-0.05, 0) is 13.8 Å². The summed E-state index contributed by atoms with van der Waals surface area (Å²) in [6.45, 7) is 4.24. The number of aliphatic hydroxyl groups is 1. The molecule has 0 aromatic carbocycles. The number of β-amino-alcohol motifs (C(OH)–C–C–N with tert-alkyl or cyclic N) is 1. The molecule has 0 saturated carbocycles. The number of fused-ring (bicyclic) bond motifs is 1. The molecule has 1 saturated heterocycles. The maximum atomic E-state index is 13.2. The van der Waals surface area contributed by atoms with Crippen LogP contribution >= 0.6 is 0 Å². The molecule has 0 amide bonds. The lowest BCUT2D eigenvalue weighted by Crippen LogP contribution is -2.32. The third-order valence-corrected chi connectivity index (χ3v) is 4.61. The van der Waals surface area contributed by atoms with E-state index in [4.69, 9.17) is 0 Å². The van der Waals surface area contributed by atoms with E-state index in [1.54, 1.807) is 15.8 Å². The van der Waals surface area contributed by atoms with Gasteiger partial charge in [0.05, 0.1) is 12.7 Å². The second kappa shape index (κ2) is 5.87. The Kier molecular flexibility index (Phi) is 3.84. The van der Waals surface area contributed by atoms with Crippen LogP contribution in [0.4, 0.5) is 19.0 Å². The van der Waals surface area contributed by atoms with Crippen molar-refractivity contribution in [1.29, 1.82) is 0 Å². The van der Waals surface area contributed by atoms with Gasteiger partial charge >= 0.3 is 6.18 Å². The molecular weight excluding hydrogens is 365 g/mol. The van der Waals surface area contributed by atoms with Crippen molar-refractivity contribution in [1.82, 2.24) is 34.6 Å². The molecule has 27 heavy (non-hydrogen) atoms. The van der Waals surface area contributed by atoms with Crippen LogP contribution in [0.25, 0.3) is 5.78 Å². The molecule has 4 heterocycles. The fraction of sp³-hybridized carbons (Fsp3) is 0.533. The molecule has 1 unspecified atom stereocenters. The molecule has 3 aromatic rings. The Morgan fingerprint density at radius 3 is 2.74 bits per heavy atom. The van der Waals surface area contributed by atoms with Gasteiger partial charge in [0.25, 0.3) is 5.78 Å². The first-order valence-corrected chi connectivity index (χ1v) is 8.35. The minimum atomic E-state index is -4.61. The monoisotopic (exact) mass is 382 g/mol. The van der Waals surface area contributed by atoms with E-state index in [1.807, 2.05) is 13.8 Å². The van der Waals surface area contributed by atoms with Crippen LogP contribution in [0.1, 0.15) is 37.7 Å². The van der Waals surface area contributed by atoms with Crippen LogP contribution < -0.4 is 4.90 Å². The maximum absolute atomic E-state index is 13.2. The zero-order valence-corrected chi connectivity index (χ0v) is 14.6. The summed E-state index contributed by atoms with van der Waals surface area (Å²) in [6, 6.07) is 0.995. The number of aromatic nitrogens is 7. The second-order valence-electron chi connectivity index (χ2n) is 6.85. The fourth-order valence-electron chi connectivity index (χ4n) is 3.11. The van der Waals surface area contributed by atoms with Crippen LogP contribution in [0.5, 0.6) is 0 Å². The molecule has 1 fully saturated rings. The highest BCUT2D eigenvalue weighted by Crippen LogP contribution is 2.36. The molecule has 0 radical (unpaired) electrons. The SMILES string of the molecule is CC(C)n1cc(C2(O)CCN(c3cc(C(F)(F)F)nc4ncnn34)C2)nn1. The largest absolute Gasteiger partial charge is 0.433 e. The summed E-state index contributed by atoms with van der Waals surface area (Å²) in [6.07, 6.45) is -1.52. The summed E-state index contributed by atoms with van der Waals surface area (Å²) in [5.74, 6) is 0.0121.